The maximum atomic E-state index is 4.85. The number of hydrogen-bond acceptors (Lipinski definition) is 4. The fourth-order valence-corrected chi connectivity index (χ4v) is 1.94. The van der Waals surface area contributed by atoms with Crippen molar-refractivity contribution in [2.24, 2.45) is 0 Å². The number of ether oxygens (including phenoxy) is 4. The molecule has 0 aromatic rings. The molecule has 0 aromatic heterocycles. The predicted octanol–water partition coefficient (Wildman–Crippen LogP) is 4.13. The summed E-state index contributed by atoms with van der Waals surface area (Å²) in [6.45, 7) is 8.50. The summed E-state index contributed by atoms with van der Waals surface area (Å²) in [5.41, 5.74) is 0. The lowest BCUT2D eigenvalue weighted by Crippen LogP contribution is -2.11. The molecule has 0 amide bonds. The van der Waals surface area contributed by atoms with Crippen molar-refractivity contribution in [2.75, 3.05) is 40.0 Å². The molecule has 3 aliphatic rings. The second kappa shape index (κ2) is 18.8. The lowest BCUT2D eigenvalue weighted by atomic mass is 10.0. The first kappa shape index (κ1) is 19.8. The van der Waals surface area contributed by atoms with Gasteiger partial charge in [-0.15, -0.1) is 0 Å². The van der Waals surface area contributed by atoms with Crippen LogP contribution in [0.4, 0.5) is 0 Å². The van der Waals surface area contributed by atoms with Gasteiger partial charge in [0.15, 0.2) is 0 Å². The van der Waals surface area contributed by atoms with Crippen LogP contribution in [0.5, 0.6) is 0 Å². The molecule has 0 N–H and O–H groups in total. The van der Waals surface area contributed by atoms with Gasteiger partial charge >= 0.3 is 0 Å². The normalized spacial score (nSPS) is 21.9. The van der Waals surface area contributed by atoms with Crippen molar-refractivity contribution in [1.29, 1.82) is 0 Å². The van der Waals surface area contributed by atoms with E-state index in [9.17, 15) is 0 Å². The summed E-state index contributed by atoms with van der Waals surface area (Å²) in [5.74, 6) is 0. The van der Waals surface area contributed by atoms with Crippen molar-refractivity contribution < 1.29 is 18.9 Å². The Balaban J connectivity index is 0.000000255. The molecule has 2 aliphatic heterocycles. The van der Waals surface area contributed by atoms with E-state index in [-0.39, 0.29) is 0 Å². The van der Waals surface area contributed by atoms with E-state index in [4.69, 9.17) is 18.9 Å². The molecule has 122 valence electrons. The van der Waals surface area contributed by atoms with Crippen molar-refractivity contribution >= 4 is 0 Å². The van der Waals surface area contributed by atoms with Crippen molar-refractivity contribution in [3.63, 3.8) is 0 Å². The van der Waals surface area contributed by atoms with E-state index < -0.39 is 0 Å². The van der Waals surface area contributed by atoms with Crippen LogP contribution in [0.2, 0.25) is 0 Å². The summed E-state index contributed by atoms with van der Waals surface area (Å²) < 4.78 is 19.4. The first-order chi connectivity index (χ1) is 10.0. The summed E-state index contributed by atoms with van der Waals surface area (Å²) in [7, 11) is 0. The van der Waals surface area contributed by atoms with Crippen molar-refractivity contribution in [3.05, 3.63) is 0 Å². The zero-order valence-electron chi connectivity index (χ0n) is 13.5. The Morgan fingerprint density at radius 1 is 0.400 bits per heavy atom. The molecule has 0 aromatic carbocycles. The van der Waals surface area contributed by atoms with Gasteiger partial charge in [-0.05, 0) is 12.8 Å². The Labute approximate surface area is 125 Å². The zero-order valence-corrected chi connectivity index (χ0v) is 13.5. The molecule has 0 unspecified atom stereocenters. The van der Waals surface area contributed by atoms with Crippen molar-refractivity contribution in [2.45, 2.75) is 65.2 Å². The van der Waals surface area contributed by atoms with Crippen LogP contribution in [0.25, 0.3) is 0 Å². The first-order valence-corrected chi connectivity index (χ1v) is 8.31. The summed E-state index contributed by atoms with van der Waals surface area (Å²) in [5, 5.41) is 0. The van der Waals surface area contributed by atoms with Gasteiger partial charge in [0, 0.05) is 0 Å². The molecule has 3 fully saturated rings. The fourth-order valence-electron chi connectivity index (χ4n) is 1.94. The molecule has 2 saturated heterocycles. The summed E-state index contributed by atoms with van der Waals surface area (Å²) in [4.78, 5) is 0. The summed E-state index contributed by atoms with van der Waals surface area (Å²) >= 11 is 0. The molecule has 2 heterocycles. The number of hydrogen-bond donors (Lipinski definition) is 0. The Kier molecular flexibility index (Phi) is 18.7. The van der Waals surface area contributed by atoms with E-state index in [1.165, 1.54) is 38.5 Å². The molecule has 20 heavy (non-hydrogen) atoms. The SMILES string of the molecule is C1CCCCC1.C1COCOC1.C1COCOC1.CC. The van der Waals surface area contributed by atoms with Crippen LogP contribution in [0, 0.1) is 0 Å². The number of rotatable bonds is 0. The maximum Gasteiger partial charge on any atom is 0.146 e. The fraction of sp³-hybridized carbons (Fsp3) is 1.00. The van der Waals surface area contributed by atoms with Gasteiger partial charge in [0.05, 0.1) is 26.4 Å². The van der Waals surface area contributed by atoms with Gasteiger partial charge in [-0.3, -0.25) is 0 Å². The first-order valence-electron chi connectivity index (χ1n) is 8.31. The van der Waals surface area contributed by atoms with Crippen molar-refractivity contribution in [3.8, 4) is 0 Å². The maximum absolute atomic E-state index is 4.85. The van der Waals surface area contributed by atoms with Crippen LogP contribution in [-0.2, 0) is 18.9 Å². The van der Waals surface area contributed by atoms with Gasteiger partial charge in [-0.1, -0.05) is 52.4 Å². The standard InChI is InChI=1S/C6H12.2C4H8O2.C2H6/c1-2-4-6-5-3-1;2*1-2-5-4-6-3-1;1-2/h1-6H2;2*1-4H2;1-2H3. The minimum Gasteiger partial charge on any atom is -0.355 e. The smallest absolute Gasteiger partial charge is 0.146 e. The molecule has 0 bridgehead atoms. The van der Waals surface area contributed by atoms with Crippen LogP contribution >= 0.6 is 0 Å². The predicted molar refractivity (Wildman–Crippen MR) is 81.8 cm³/mol. The molecule has 0 atom stereocenters. The van der Waals surface area contributed by atoms with Crippen molar-refractivity contribution in [1.82, 2.24) is 0 Å². The highest BCUT2D eigenvalue weighted by atomic mass is 16.7. The monoisotopic (exact) mass is 290 g/mol. The highest BCUT2D eigenvalue weighted by Gasteiger charge is 1.96. The molecular formula is C16H34O4. The molecule has 0 spiro atoms. The van der Waals surface area contributed by atoms with Gasteiger partial charge in [-0.2, -0.15) is 0 Å². The lowest BCUT2D eigenvalue weighted by Gasteiger charge is -2.09. The Bertz CT molecular complexity index is 89.5. The summed E-state index contributed by atoms with van der Waals surface area (Å²) in [6.07, 6.45) is 11.1. The second-order valence-electron chi connectivity index (χ2n) is 4.70. The minimum atomic E-state index is 0.500. The van der Waals surface area contributed by atoms with Crippen LogP contribution in [0.15, 0.2) is 0 Å². The van der Waals surface area contributed by atoms with Gasteiger partial charge in [0.1, 0.15) is 13.6 Å². The average Bonchev–Trinajstić information content (AvgIpc) is 2.62. The van der Waals surface area contributed by atoms with Crippen LogP contribution < -0.4 is 0 Å². The molecule has 4 heteroatoms. The van der Waals surface area contributed by atoms with Crippen LogP contribution in [0.3, 0.4) is 0 Å². The third-order valence-corrected chi connectivity index (χ3v) is 2.99. The zero-order chi connectivity index (χ0) is 14.7. The highest BCUT2D eigenvalue weighted by molar-refractivity contribution is 4.51. The lowest BCUT2D eigenvalue weighted by molar-refractivity contribution is -0.0965. The van der Waals surface area contributed by atoms with E-state index >= 15 is 0 Å². The second-order valence-corrected chi connectivity index (χ2v) is 4.70. The highest BCUT2D eigenvalue weighted by Crippen LogP contribution is 2.15. The molecule has 3 rings (SSSR count). The third-order valence-electron chi connectivity index (χ3n) is 2.99. The average molecular weight is 290 g/mol. The topological polar surface area (TPSA) is 36.9 Å². The van der Waals surface area contributed by atoms with E-state index in [1.807, 2.05) is 13.8 Å². The largest absolute Gasteiger partial charge is 0.355 e. The molecule has 1 saturated carbocycles. The molecule has 0 radical (unpaired) electrons. The van der Waals surface area contributed by atoms with E-state index in [2.05, 4.69) is 0 Å². The Morgan fingerprint density at radius 3 is 0.750 bits per heavy atom. The Morgan fingerprint density at radius 2 is 0.650 bits per heavy atom. The van der Waals surface area contributed by atoms with Gasteiger partial charge in [-0.25, -0.2) is 0 Å². The van der Waals surface area contributed by atoms with E-state index in [0.717, 1.165) is 39.3 Å². The van der Waals surface area contributed by atoms with E-state index in [0.29, 0.717) is 13.6 Å². The molecule has 4 nitrogen and oxygen atoms in total. The molecular weight excluding hydrogens is 256 g/mol. The van der Waals surface area contributed by atoms with Gasteiger partial charge in [0.25, 0.3) is 0 Å². The van der Waals surface area contributed by atoms with Gasteiger partial charge < -0.3 is 18.9 Å². The van der Waals surface area contributed by atoms with Crippen LogP contribution in [-0.4, -0.2) is 40.0 Å². The van der Waals surface area contributed by atoms with Crippen LogP contribution in [0.1, 0.15) is 65.2 Å². The molecule has 1 aliphatic carbocycles. The quantitative estimate of drug-likeness (QED) is 0.672. The summed E-state index contributed by atoms with van der Waals surface area (Å²) in [6, 6.07) is 0. The third kappa shape index (κ3) is 15.9. The van der Waals surface area contributed by atoms with E-state index in [1.54, 1.807) is 0 Å². The van der Waals surface area contributed by atoms with Gasteiger partial charge in [0.2, 0.25) is 0 Å². The minimum absolute atomic E-state index is 0.500. The Hall–Kier alpha value is -0.160.